The van der Waals surface area contributed by atoms with Crippen LogP contribution in [-0.2, 0) is 6.54 Å². The van der Waals surface area contributed by atoms with Crippen molar-refractivity contribution in [3.8, 4) is 0 Å². The number of hydrogen-bond acceptors (Lipinski definition) is 4. The summed E-state index contributed by atoms with van der Waals surface area (Å²) in [5, 5.41) is 7.53. The highest BCUT2D eigenvalue weighted by molar-refractivity contribution is 6.30. The van der Waals surface area contributed by atoms with E-state index in [-0.39, 0.29) is 17.3 Å². The molecule has 134 valence electrons. The molecule has 0 radical (unpaired) electrons. The van der Waals surface area contributed by atoms with Gasteiger partial charge in [0, 0.05) is 23.1 Å². The molecule has 7 nitrogen and oxygen atoms in total. The van der Waals surface area contributed by atoms with Gasteiger partial charge in [0.2, 0.25) is 0 Å². The predicted octanol–water partition coefficient (Wildman–Crippen LogP) is 2.85. The van der Waals surface area contributed by atoms with Gasteiger partial charge in [0.1, 0.15) is 5.69 Å². The second kappa shape index (κ2) is 7.05. The lowest BCUT2D eigenvalue weighted by atomic mass is 10.2. The van der Waals surface area contributed by atoms with E-state index in [1.165, 1.54) is 21.3 Å². The number of carbonyl (C=O) groups is 1. The van der Waals surface area contributed by atoms with Gasteiger partial charge in [0.15, 0.2) is 5.65 Å². The fraction of sp³-hybridized carbons (Fsp3) is 0.0526. The van der Waals surface area contributed by atoms with Crippen molar-refractivity contribution >= 4 is 28.8 Å². The molecule has 3 aromatic heterocycles. The number of hydrogen-bond donors (Lipinski definition) is 1. The third kappa shape index (κ3) is 3.58. The number of pyridine rings is 2. The van der Waals surface area contributed by atoms with Crippen LogP contribution in [0.15, 0.2) is 71.8 Å². The van der Waals surface area contributed by atoms with Crippen LogP contribution >= 0.6 is 11.6 Å². The first kappa shape index (κ1) is 17.0. The second-order valence-corrected chi connectivity index (χ2v) is 6.32. The van der Waals surface area contributed by atoms with Gasteiger partial charge < -0.3 is 5.32 Å². The monoisotopic (exact) mass is 379 g/mol. The molecule has 1 amide bonds. The number of carbonyl (C=O) groups excluding carboxylic acids is 1. The van der Waals surface area contributed by atoms with Gasteiger partial charge in [-0.05, 0) is 42.0 Å². The molecule has 8 heteroatoms. The van der Waals surface area contributed by atoms with Gasteiger partial charge in [0.05, 0.1) is 6.54 Å². The molecule has 27 heavy (non-hydrogen) atoms. The Labute approximate surface area is 158 Å². The highest BCUT2D eigenvalue weighted by Crippen LogP contribution is 2.14. The Balaban J connectivity index is 1.56. The Morgan fingerprint density at radius 2 is 2.00 bits per heavy atom. The molecular formula is C19H14ClN5O2. The zero-order chi connectivity index (χ0) is 18.8. The average molecular weight is 380 g/mol. The van der Waals surface area contributed by atoms with Crippen LogP contribution in [0.5, 0.6) is 0 Å². The summed E-state index contributed by atoms with van der Waals surface area (Å²) in [6.07, 6.45) is 3.15. The van der Waals surface area contributed by atoms with Crippen molar-refractivity contribution in [1.29, 1.82) is 0 Å². The van der Waals surface area contributed by atoms with E-state index in [0.717, 1.165) is 5.56 Å². The molecule has 0 spiro atoms. The van der Waals surface area contributed by atoms with Crippen molar-refractivity contribution in [2.24, 2.45) is 0 Å². The molecule has 0 unspecified atom stereocenters. The van der Waals surface area contributed by atoms with Crippen LogP contribution in [0.4, 0.5) is 5.69 Å². The number of nitrogens with zero attached hydrogens (tertiary/aromatic N) is 4. The van der Waals surface area contributed by atoms with Crippen LogP contribution < -0.4 is 11.0 Å². The minimum absolute atomic E-state index is 0.219. The summed E-state index contributed by atoms with van der Waals surface area (Å²) < 4.78 is 2.87. The highest BCUT2D eigenvalue weighted by Gasteiger charge is 2.10. The van der Waals surface area contributed by atoms with Crippen molar-refractivity contribution in [1.82, 2.24) is 19.2 Å². The lowest BCUT2D eigenvalue weighted by molar-refractivity contribution is 0.102. The van der Waals surface area contributed by atoms with E-state index in [0.29, 0.717) is 22.9 Å². The van der Waals surface area contributed by atoms with Crippen molar-refractivity contribution in [3.05, 3.63) is 93.8 Å². The molecule has 0 aliphatic heterocycles. The summed E-state index contributed by atoms with van der Waals surface area (Å²) in [4.78, 5) is 28.7. The van der Waals surface area contributed by atoms with Crippen LogP contribution in [0.25, 0.3) is 5.65 Å². The molecular weight excluding hydrogens is 366 g/mol. The zero-order valence-electron chi connectivity index (χ0n) is 14.0. The molecule has 3 heterocycles. The zero-order valence-corrected chi connectivity index (χ0v) is 14.8. The van der Waals surface area contributed by atoms with E-state index >= 15 is 0 Å². The SMILES string of the molecule is O=C(Nc1cccc(Cn2nc3ccccn3c2=O)c1)c1cc(Cl)ccn1. The Morgan fingerprint density at radius 3 is 2.81 bits per heavy atom. The van der Waals surface area contributed by atoms with Crippen LogP contribution in [-0.4, -0.2) is 25.1 Å². The lowest BCUT2D eigenvalue weighted by Crippen LogP contribution is -2.21. The van der Waals surface area contributed by atoms with Gasteiger partial charge in [-0.15, -0.1) is 5.10 Å². The molecule has 1 aromatic carbocycles. The summed E-state index contributed by atoms with van der Waals surface area (Å²) >= 11 is 5.89. The van der Waals surface area contributed by atoms with Crippen molar-refractivity contribution in [2.45, 2.75) is 6.54 Å². The first-order chi connectivity index (χ1) is 13.1. The number of halogens is 1. The number of nitrogens with one attached hydrogen (secondary N) is 1. The number of amides is 1. The van der Waals surface area contributed by atoms with Gasteiger partial charge >= 0.3 is 5.69 Å². The Morgan fingerprint density at radius 1 is 1.11 bits per heavy atom. The molecule has 4 rings (SSSR count). The van der Waals surface area contributed by atoms with Crippen LogP contribution in [0.2, 0.25) is 5.02 Å². The van der Waals surface area contributed by atoms with Crippen LogP contribution in [0.1, 0.15) is 16.1 Å². The topological polar surface area (TPSA) is 81.3 Å². The Hall–Kier alpha value is -3.45. The summed E-state index contributed by atoms with van der Waals surface area (Å²) in [5.74, 6) is -0.362. The van der Waals surface area contributed by atoms with Gasteiger partial charge in [0.25, 0.3) is 5.91 Å². The molecule has 0 saturated heterocycles. The maximum Gasteiger partial charge on any atom is 0.350 e. The van der Waals surface area contributed by atoms with E-state index in [1.54, 1.807) is 42.6 Å². The molecule has 0 saturated carbocycles. The third-order valence-corrected chi connectivity index (χ3v) is 4.20. The third-order valence-electron chi connectivity index (χ3n) is 3.96. The van der Waals surface area contributed by atoms with Crippen LogP contribution in [0, 0.1) is 0 Å². The van der Waals surface area contributed by atoms with Gasteiger partial charge in [-0.3, -0.25) is 14.2 Å². The Kier molecular flexibility index (Phi) is 4.43. The maximum atomic E-state index is 12.4. The molecule has 0 aliphatic rings. The number of benzene rings is 1. The number of anilines is 1. The minimum Gasteiger partial charge on any atom is -0.321 e. The summed E-state index contributed by atoms with van der Waals surface area (Å²) in [6, 6.07) is 15.7. The van der Waals surface area contributed by atoms with Gasteiger partial charge in [-0.25, -0.2) is 9.48 Å². The fourth-order valence-electron chi connectivity index (χ4n) is 2.72. The molecule has 0 aliphatic carbocycles. The quantitative estimate of drug-likeness (QED) is 0.591. The van der Waals surface area contributed by atoms with Crippen molar-refractivity contribution in [3.63, 3.8) is 0 Å². The summed E-state index contributed by atoms with van der Waals surface area (Å²) in [7, 11) is 0. The van der Waals surface area contributed by atoms with Gasteiger partial charge in [-0.2, -0.15) is 0 Å². The predicted molar refractivity (Wildman–Crippen MR) is 102 cm³/mol. The molecule has 4 aromatic rings. The van der Waals surface area contributed by atoms with E-state index in [9.17, 15) is 9.59 Å². The maximum absolute atomic E-state index is 12.4. The first-order valence-electron chi connectivity index (χ1n) is 8.16. The lowest BCUT2D eigenvalue weighted by Gasteiger charge is -2.07. The average Bonchev–Trinajstić information content (AvgIpc) is 2.98. The van der Waals surface area contributed by atoms with E-state index in [1.807, 2.05) is 12.1 Å². The van der Waals surface area contributed by atoms with E-state index < -0.39 is 0 Å². The van der Waals surface area contributed by atoms with Gasteiger partial charge in [-0.1, -0.05) is 29.8 Å². The highest BCUT2D eigenvalue weighted by atomic mass is 35.5. The van der Waals surface area contributed by atoms with Crippen molar-refractivity contribution in [2.75, 3.05) is 5.32 Å². The number of aromatic nitrogens is 4. The summed E-state index contributed by atoms with van der Waals surface area (Å²) in [5.41, 5.74) is 2.01. The Bertz CT molecular complexity index is 1200. The van der Waals surface area contributed by atoms with Crippen molar-refractivity contribution < 1.29 is 4.79 Å². The normalized spacial score (nSPS) is 10.9. The standard InChI is InChI=1S/C19H14ClN5O2/c20-14-7-8-21-16(11-14)18(26)22-15-5-3-4-13(10-15)12-25-19(27)24-9-2-1-6-17(24)23-25/h1-11H,12H2,(H,22,26). The second-order valence-electron chi connectivity index (χ2n) is 5.88. The summed E-state index contributed by atoms with van der Waals surface area (Å²) in [6.45, 7) is 0.291. The minimum atomic E-state index is -0.362. The first-order valence-corrected chi connectivity index (χ1v) is 8.54. The fourth-order valence-corrected chi connectivity index (χ4v) is 2.88. The number of rotatable bonds is 4. The molecule has 0 fully saturated rings. The molecule has 0 atom stereocenters. The molecule has 0 bridgehead atoms. The van der Waals surface area contributed by atoms with Crippen LogP contribution in [0.3, 0.4) is 0 Å². The number of fused-ring (bicyclic) bond motifs is 1. The smallest absolute Gasteiger partial charge is 0.321 e. The van der Waals surface area contributed by atoms with E-state index in [2.05, 4.69) is 15.4 Å². The van der Waals surface area contributed by atoms with E-state index in [4.69, 9.17) is 11.6 Å². The largest absolute Gasteiger partial charge is 0.350 e. The molecule has 1 N–H and O–H groups in total.